The molecule has 3 N–H and O–H groups in total. The van der Waals surface area contributed by atoms with Gasteiger partial charge in [0.2, 0.25) is 0 Å². The SMILES string of the molecule is N=CC1=C(Nc2ccc(F)cc2)C=C(CCNS)C(C=O)(CC2CCCCC2)C1. The fourth-order valence-electron chi connectivity index (χ4n) is 4.68. The molecule has 1 atom stereocenters. The molecule has 2 aliphatic carbocycles. The maximum Gasteiger partial charge on any atom is 0.130 e. The van der Waals surface area contributed by atoms with E-state index in [0.717, 1.165) is 41.7 Å². The molecule has 2 aliphatic rings. The molecular weight excluding hydrogens is 385 g/mol. The molecule has 1 aromatic carbocycles. The van der Waals surface area contributed by atoms with Crippen LogP contribution in [0.15, 0.2) is 47.2 Å². The normalized spacial score (nSPS) is 22.9. The summed E-state index contributed by atoms with van der Waals surface area (Å²) < 4.78 is 16.1. The van der Waals surface area contributed by atoms with Crippen molar-refractivity contribution in [3.63, 3.8) is 0 Å². The largest absolute Gasteiger partial charge is 0.355 e. The zero-order valence-electron chi connectivity index (χ0n) is 16.7. The number of nitrogens with one attached hydrogen (secondary N) is 3. The molecule has 1 saturated carbocycles. The van der Waals surface area contributed by atoms with Gasteiger partial charge < -0.3 is 15.5 Å². The minimum atomic E-state index is -0.562. The highest BCUT2D eigenvalue weighted by Crippen LogP contribution is 2.46. The standard InChI is InChI=1S/C23H30FN3OS/c24-20-6-8-21(9-7-20)27-22-12-19(10-11-26-29)23(16-28,14-18(22)15-25)13-17-4-2-1-3-5-17/h6-9,12,15-17,25-27,29H,1-5,10-11,13-14H2. The lowest BCUT2D eigenvalue weighted by Crippen LogP contribution is -2.34. The van der Waals surface area contributed by atoms with Crippen molar-refractivity contribution >= 4 is 31.0 Å². The second-order valence-corrected chi connectivity index (χ2v) is 8.52. The molecule has 29 heavy (non-hydrogen) atoms. The number of anilines is 1. The summed E-state index contributed by atoms with van der Waals surface area (Å²) in [7, 11) is 0. The topological polar surface area (TPSA) is 65.0 Å². The van der Waals surface area contributed by atoms with Crippen LogP contribution in [0.2, 0.25) is 0 Å². The van der Waals surface area contributed by atoms with Crippen LogP contribution in [-0.4, -0.2) is 19.0 Å². The third-order valence-electron chi connectivity index (χ3n) is 6.22. The van der Waals surface area contributed by atoms with Gasteiger partial charge in [-0.3, -0.25) is 4.72 Å². The first-order valence-corrected chi connectivity index (χ1v) is 10.9. The van der Waals surface area contributed by atoms with Crippen LogP contribution in [0, 0.1) is 22.6 Å². The zero-order chi connectivity index (χ0) is 20.7. The van der Waals surface area contributed by atoms with Gasteiger partial charge in [0.05, 0.1) is 5.41 Å². The van der Waals surface area contributed by atoms with E-state index < -0.39 is 5.41 Å². The summed E-state index contributed by atoms with van der Waals surface area (Å²) in [5.41, 5.74) is 2.89. The molecule has 0 aliphatic heterocycles. The first kappa shape index (κ1) is 21.8. The number of hydrogen-bond donors (Lipinski definition) is 4. The zero-order valence-corrected chi connectivity index (χ0v) is 17.6. The van der Waals surface area contributed by atoms with Gasteiger partial charge in [0.1, 0.15) is 12.1 Å². The maximum absolute atomic E-state index is 13.2. The number of carbonyl (C=O) groups is 1. The molecule has 1 fully saturated rings. The summed E-state index contributed by atoms with van der Waals surface area (Å²) in [5, 5.41) is 11.3. The molecule has 0 radical (unpaired) electrons. The molecule has 1 aromatic rings. The number of thiol groups is 1. The van der Waals surface area contributed by atoms with E-state index in [9.17, 15) is 9.18 Å². The number of aldehydes is 1. The van der Waals surface area contributed by atoms with Crippen LogP contribution in [-0.2, 0) is 4.79 Å². The quantitative estimate of drug-likeness (QED) is 0.246. The molecule has 0 amide bonds. The van der Waals surface area contributed by atoms with Crippen molar-refractivity contribution in [2.75, 3.05) is 11.9 Å². The van der Waals surface area contributed by atoms with Gasteiger partial charge >= 0.3 is 0 Å². The minimum Gasteiger partial charge on any atom is -0.355 e. The van der Waals surface area contributed by atoms with Gasteiger partial charge in [-0.25, -0.2) is 4.39 Å². The monoisotopic (exact) mass is 415 g/mol. The van der Waals surface area contributed by atoms with Crippen molar-refractivity contribution in [1.29, 1.82) is 5.41 Å². The maximum atomic E-state index is 13.2. The highest BCUT2D eigenvalue weighted by Gasteiger charge is 2.40. The molecule has 1 unspecified atom stereocenters. The van der Waals surface area contributed by atoms with Crippen LogP contribution >= 0.6 is 12.8 Å². The lowest BCUT2D eigenvalue weighted by molar-refractivity contribution is -0.115. The van der Waals surface area contributed by atoms with Gasteiger partial charge in [0.25, 0.3) is 0 Å². The van der Waals surface area contributed by atoms with E-state index >= 15 is 0 Å². The van der Waals surface area contributed by atoms with E-state index in [4.69, 9.17) is 5.41 Å². The Morgan fingerprint density at radius 1 is 1.21 bits per heavy atom. The summed E-state index contributed by atoms with van der Waals surface area (Å²) in [6.45, 7) is 0.666. The van der Waals surface area contributed by atoms with E-state index in [2.05, 4.69) is 22.9 Å². The first-order valence-electron chi connectivity index (χ1n) is 10.4. The highest BCUT2D eigenvalue weighted by molar-refractivity contribution is 7.78. The van der Waals surface area contributed by atoms with Crippen molar-refractivity contribution in [1.82, 2.24) is 4.72 Å². The Morgan fingerprint density at radius 3 is 2.55 bits per heavy atom. The van der Waals surface area contributed by atoms with Crippen LogP contribution in [0.25, 0.3) is 0 Å². The van der Waals surface area contributed by atoms with E-state index in [0.29, 0.717) is 18.9 Å². The molecule has 4 nitrogen and oxygen atoms in total. The molecule has 0 aromatic heterocycles. The summed E-state index contributed by atoms with van der Waals surface area (Å²) in [5.74, 6) is 0.267. The van der Waals surface area contributed by atoms with Crippen molar-refractivity contribution < 1.29 is 9.18 Å². The molecule has 3 rings (SSSR count). The van der Waals surface area contributed by atoms with Gasteiger partial charge in [-0.1, -0.05) is 50.5 Å². The third-order valence-corrected chi connectivity index (χ3v) is 6.44. The van der Waals surface area contributed by atoms with Crippen LogP contribution in [0.3, 0.4) is 0 Å². The van der Waals surface area contributed by atoms with Crippen LogP contribution in [0.1, 0.15) is 51.4 Å². The Kier molecular flexibility index (Phi) is 7.67. The lowest BCUT2D eigenvalue weighted by atomic mass is 9.65. The van der Waals surface area contributed by atoms with Gasteiger partial charge in [0, 0.05) is 24.1 Å². The van der Waals surface area contributed by atoms with E-state index in [-0.39, 0.29) is 5.82 Å². The van der Waals surface area contributed by atoms with Crippen molar-refractivity contribution in [2.45, 2.75) is 51.4 Å². The van der Waals surface area contributed by atoms with Gasteiger partial charge in [-0.15, -0.1) is 0 Å². The Morgan fingerprint density at radius 2 is 1.93 bits per heavy atom. The second kappa shape index (κ2) is 10.2. The number of halogens is 1. The highest BCUT2D eigenvalue weighted by atomic mass is 32.1. The molecule has 0 bridgehead atoms. The Balaban J connectivity index is 1.91. The minimum absolute atomic E-state index is 0.288. The Hall–Kier alpha value is -1.92. The van der Waals surface area contributed by atoms with E-state index in [1.807, 2.05) is 6.08 Å². The van der Waals surface area contributed by atoms with Gasteiger partial charge in [-0.05, 0) is 61.1 Å². The fourth-order valence-corrected chi connectivity index (χ4v) is 4.79. The molecule has 0 spiro atoms. The second-order valence-electron chi connectivity index (χ2n) is 8.20. The summed E-state index contributed by atoms with van der Waals surface area (Å²) >= 11 is 4.12. The summed E-state index contributed by atoms with van der Waals surface area (Å²) in [4.78, 5) is 12.5. The van der Waals surface area contributed by atoms with Crippen molar-refractivity contribution in [2.24, 2.45) is 11.3 Å². The number of carbonyl (C=O) groups excluding carboxylic acids is 1. The number of benzene rings is 1. The fraction of sp³-hybridized carbons (Fsp3) is 0.478. The van der Waals surface area contributed by atoms with Crippen LogP contribution in [0.4, 0.5) is 10.1 Å². The Labute approximate surface area is 178 Å². The number of rotatable bonds is 9. The molecule has 6 heteroatoms. The van der Waals surface area contributed by atoms with Crippen molar-refractivity contribution in [3.8, 4) is 0 Å². The molecule has 156 valence electrons. The van der Waals surface area contributed by atoms with Crippen LogP contribution in [0.5, 0.6) is 0 Å². The van der Waals surface area contributed by atoms with Crippen LogP contribution < -0.4 is 10.0 Å². The third kappa shape index (κ3) is 5.37. The van der Waals surface area contributed by atoms with Gasteiger partial charge in [0.15, 0.2) is 0 Å². The van der Waals surface area contributed by atoms with E-state index in [1.54, 1.807) is 12.1 Å². The summed E-state index contributed by atoms with van der Waals surface area (Å²) in [6.07, 6.45) is 12.7. The molecule has 0 heterocycles. The average molecular weight is 416 g/mol. The lowest BCUT2D eigenvalue weighted by Gasteiger charge is -2.39. The first-order chi connectivity index (χ1) is 14.1. The molecule has 0 saturated heterocycles. The Bertz CT molecular complexity index is 784. The predicted molar refractivity (Wildman–Crippen MR) is 120 cm³/mol. The number of allylic oxidation sites excluding steroid dienone is 2. The van der Waals surface area contributed by atoms with Gasteiger partial charge in [-0.2, -0.15) is 0 Å². The van der Waals surface area contributed by atoms with E-state index in [1.165, 1.54) is 50.5 Å². The summed E-state index contributed by atoms with van der Waals surface area (Å²) in [6, 6.07) is 6.17. The van der Waals surface area contributed by atoms with Crippen molar-refractivity contribution in [3.05, 3.63) is 53.0 Å². The average Bonchev–Trinajstić information content (AvgIpc) is 2.75. The number of hydrogen-bond acceptors (Lipinski definition) is 5. The smallest absolute Gasteiger partial charge is 0.130 e. The molecular formula is C23H30FN3OS. The predicted octanol–water partition coefficient (Wildman–Crippen LogP) is 5.45.